The maximum atomic E-state index is 12.8. The average Bonchev–Trinajstić information content (AvgIpc) is 2.93. The van der Waals surface area contributed by atoms with Crippen molar-refractivity contribution in [3.8, 4) is 5.75 Å². The van der Waals surface area contributed by atoms with Crippen LogP contribution in [-0.2, 0) is 16.0 Å². The van der Waals surface area contributed by atoms with Gasteiger partial charge in [-0.25, -0.2) is 0 Å². The Morgan fingerprint density at radius 3 is 2.76 bits per heavy atom. The van der Waals surface area contributed by atoms with Crippen LogP contribution in [0.2, 0.25) is 0 Å². The average molecular weight is 356 g/mol. The summed E-state index contributed by atoms with van der Waals surface area (Å²) in [5.74, 6) is -0.861. The fourth-order valence-electron chi connectivity index (χ4n) is 3.46. The standard InChI is InChI=1S/C17H19F3N2O3/c1-2-21-10-12(9-15(21)23)16(24)22-7-3-4-11-8-13(5-6-14(11)22)25-17(18,19)20/h5-6,8,12H,2-4,7,9-10H2,1H3. The molecule has 2 aliphatic rings. The van der Waals surface area contributed by atoms with E-state index in [1.54, 1.807) is 9.80 Å². The quantitative estimate of drug-likeness (QED) is 0.837. The normalized spacial score (nSPS) is 20.6. The second-order valence-corrected chi connectivity index (χ2v) is 6.27. The van der Waals surface area contributed by atoms with Gasteiger partial charge >= 0.3 is 6.36 Å². The van der Waals surface area contributed by atoms with Gasteiger partial charge < -0.3 is 14.5 Å². The third-order valence-corrected chi connectivity index (χ3v) is 4.61. The van der Waals surface area contributed by atoms with Crippen molar-refractivity contribution in [3.05, 3.63) is 23.8 Å². The van der Waals surface area contributed by atoms with Crippen molar-refractivity contribution in [2.24, 2.45) is 5.92 Å². The van der Waals surface area contributed by atoms with Crippen LogP contribution in [0.3, 0.4) is 0 Å². The Kier molecular flexibility index (Phi) is 4.62. The van der Waals surface area contributed by atoms with Crippen molar-refractivity contribution in [1.29, 1.82) is 0 Å². The zero-order chi connectivity index (χ0) is 18.2. The number of anilines is 1. The number of amides is 2. The van der Waals surface area contributed by atoms with Crippen molar-refractivity contribution in [3.63, 3.8) is 0 Å². The van der Waals surface area contributed by atoms with Gasteiger partial charge in [0, 0.05) is 31.7 Å². The summed E-state index contributed by atoms with van der Waals surface area (Å²) in [6.45, 7) is 3.33. The Morgan fingerprint density at radius 1 is 1.36 bits per heavy atom. The monoisotopic (exact) mass is 356 g/mol. The van der Waals surface area contributed by atoms with Gasteiger partial charge in [0.25, 0.3) is 0 Å². The summed E-state index contributed by atoms with van der Waals surface area (Å²) in [6, 6.07) is 4.04. The Morgan fingerprint density at radius 2 is 2.12 bits per heavy atom. The molecule has 1 saturated heterocycles. The second-order valence-electron chi connectivity index (χ2n) is 6.27. The minimum Gasteiger partial charge on any atom is -0.406 e. The first-order valence-corrected chi connectivity index (χ1v) is 8.26. The van der Waals surface area contributed by atoms with Gasteiger partial charge in [0.1, 0.15) is 5.75 Å². The predicted molar refractivity (Wildman–Crippen MR) is 84.2 cm³/mol. The number of aryl methyl sites for hydroxylation is 1. The summed E-state index contributed by atoms with van der Waals surface area (Å²) in [5.41, 5.74) is 1.26. The topological polar surface area (TPSA) is 49.9 Å². The molecule has 0 N–H and O–H groups in total. The van der Waals surface area contributed by atoms with E-state index in [2.05, 4.69) is 4.74 Å². The molecule has 0 bridgehead atoms. The van der Waals surface area contributed by atoms with Crippen LogP contribution in [0.15, 0.2) is 18.2 Å². The van der Waals surface area contributed by atoms with Crippen LogP contribution in [0, 0.1) is 5.92 Å². The highest BCUT2D eigenvalue weighted by Gasteiger charge is 2.37. The molecule has 2 aliphatic heterocycles. The molecule has 1 unspecified atom stereocenters. The number of likely N-dealkylation sites (tertiary alicyclic amines) is 1. The number of alkyl halides is 3. The minimum absolute atomic E-state index is 0.0352. The number of hydrogen-bond acceptors (Lipinski definition) is 3. The van der Waals surface area contributed by atoms with Crippen LogP contribution in [0.5, 0.6) is 5.75 Å². The van der Waals surface area contributed by atoms with Crippen LogP contribution in [0.4, 0.5) is 18.9 Å². The second kappa shape index (κ2) is 6.57. The molecule has 0 radical (unpaired) electrons. The van der Waals surface area contributed by atoms with Gasteiger partial charge in [-0.2, -0.15) is 0 Å². The van der Waals surface area contributed by atoms with Gasteiger partial charge in [0.15, 0.2) is 0 Å². The zero-order valence-corrected chi connectivity index (χ0v) is 13.8. The lowest BCUT2D eigenvalue weighted by Crippen LogP contribution is -2.40. The van der Waals surface area contributed by atoms with Crippen LogP contribution in [0.1, 0.15) is 25.3 Å². The van der Waals surface area contributed by atoms with Gasteiger partial charge in [-0.15, -0.1) is 13.2 Å². The minimum atomic E-state index is -4.74. The molecule has 1 atom stereocenters. The van der Waals surface area contributed by atoms with E-state index >= 15 is 0 Å². The Bertz CT molecular complexity index is 690. The number of hydrogen-bond donors (Lipinski definition) is 0. The van der Waals surface area contributed by atoms with Gasteiger partial charge in [-0.1, -0.05) is 0 Å². The maximum absolute atomic E-state index is 12.8. The molecule has 8 heteroatoms. The van der Waals surface area contributed by atoms with Gasteiger partial charge in [0.2, 0.25) is 11.8 Å². The highest BCUT2D eigenvalue weighted by molar-refractivity contribution is 5.99. The summed E-state index contributed by atoms with van der Waals surface area (Å²) < 4.78 is 41.1. The zero-order valence-electron chi connectivity index (χ0n) is 13.8. The molecule has 0 saturated carbocycles. The summed E-state index contributed by atoms with van der Waals surface area (Å²) in [7, 11) is 0. The van der Waals surface area contributed by atoms with E-state index in [0.717, 1.165) is 0 Å². The van der Waals surface area contributed by atoms with E-state index < -0.39 is 12.3 Å². The van der Waals surface area contributed by atoms with E-state index in [0.29, 0.717) is 43.7 Å². The molecule has 25 heavy (non-hydrogen) atoms. The van der Waals surface area contributed by atoms with Gasteiger partial charge in [-0.05, 0) is 43.5 Å². The van der Waals surface area contributed by atoms with E-state index in [1.807, 2.05) is 6.92 Å². The van der Waals surface area contributed by atoms with Crippen LogP contribution in [-0.4, -0.2) is 42.7 Å². The molecule has 3 rings (SSSR count). The van der Waals surface area contributed by atoms with E-state index in [4.69, 9.17) is 0 Å². The van der Waals surface area contributed by atoms with Crippen LogP contribution >= 0.6 is 0 Å². The summed E-state index contributed by atoms with van der Waals surface area (Å²) >= 11 is 0. The first kappa shape index (κ1) is 17.6. The van der Waals surface area contributed by atoms with Crippen molar-refractivity contribution in [2.45, 2.75) is 32.5 Å². The third kappa shape index (κ3) is 3.72. The van der Waals surface area contributed by atoms with E-state index in [9.17, 15) is 22.8 Å². The van der Waals surface area contributed by atoms with Crippen molar-refractivity contribution in [1.82, 2.24) is 4.90 Å². The molecule has 2 heterocycles. The first-order valence-electron chi connectivity index (χ1n) is 8.26. The number of carbonyl (C=O) groups is 2. The number of rotatable bonds is 3. The number of fused-ring (bicyclic) bond motifs is 1. The maximum Gasteiger partial charge on any atom is 0.573 e. The molecule has 1 aromatic rings. The fraction of sp³-hybridized carbons (Fsp3) is 0.529. The van der Waals surface area contributed by atoms with Crippen molar-refractivity contribution in [2.75, 3.05) is 24.5 Å². The van der Waals surface area contributed by atoms with Crippen molar-refractivity contribution >= 4 is 17.5 Å². The molecule has 0 aromatic heterocycles. The summed E-state index contributed by atoms with van der Waals surface area (Å²) in [4.78, 5) is 27.9. The molecular formula is C17H19F3N2O3. The lowest BCUT2D eigenvalue weighted by Gasteiger charge is -2.31. The Labute approximate surface area is 143 Å². The highest BCUT2D eigenvalue weighted by Crippen LogP contribution is 2.34. The first-order chi connectivity index (χ1) is 11.8. The van der Waals surface area contributed by atoms with Gasteiger partial charge in [0.05, 0.1) is 5.92 Å². The molecule has 1 aromatic carbocycles. The number of ether oxygens (including phenoxy) is 1. The smallest absolute Gasteiger partial charge is 0.406 e. The molecule has 0 aliphatic carbocycles. The third-order valence-electron chi connectivity index (χ3n) is 4.61. The lowest BCUT2D eigenvalue weighted by molar-refractivity contribution is -0.274. The molecule has 136 valence electrons. The number of benzene rings is 1. The lowest BCUT2D eigenvalue weighted by atomic mass is 9.98. The van der Waals surface area contributed by atoms with E-state index in [-0.39, 0.29) is 24.0 Å². The molecule has 2 amide bonds. The SMILES string of the molecule is CCN1CC(C(=O)N2CCCc3cc(OC(F)(F)F)ccc32)CC1=O. The molecule has 5 nitrogen and oxygen atoms in total. The Hall–Kier alpha value is -2.25. The van der Waals surface area contributed by atoms with Crippen LogP contribution < -0.4 is 9.64 Å². The molecule has 1 fully saturated rings. The highest BCUT2D eigenvalue weighted by atomic mass is 19.4. The number of nitrogens with zero attached hydrogens (tertiary/aromatic N) is 2. The predicted octanol–water partition coefficient (Wildman–Crippen LogP) is 2.73. The molecular weight excluding hydrogens is 337 g/mol. The number of carbonyl (C=O) groups excluding carboxylic acids is 2. The number of halogens is 3. The Balaban J connectivity index is 1.80. The fourth-order valence-corrected chi connectivity index (χ4v) is 3.46. The van der Waals surface area contributed by atoms with E-state index in [1.165, 1.54) is 18.2 Å². The van der Waals surface area contributed by atoms with Crippen molar-refractivity contribution < 1.29 is 27.5 Å². The van der Waals surface area contributed by atoms with Gasteiger partial charge in [-0.3, -0.25) is 9.59 Å². The summed E-state index contributed by atoms with van der Waals surface area (Å²) in [6.07, 6.45) is -3.31. The summed E-state index contributed by atoms with van der Waals surface area (Å²) in [5, 5.41) is 0. The largest absolute Gasteiger partial charge is 0.573 e. The van der Waals surface area contributed by atoms with Crippen LogP contribution in [0.25, 0.3) is 0 Å². The molecule has 0 spiro atoms.